The number of carboxylic acid groups (broad SMARTS) is 1. The molecule has 4 heteroatoms. The first kappa shape index (κ1) is 13.9. The molecule has 1 fully saturated rings. The molecule has 0 radical (unpaired) electrons. The number of carbonyl (C=O) groups is 1. The Balaban J connectivity index is 2.22. The highest BCUT2D eigenvalue weighted by Gasteiger charge is 2.41. The highest BCUT2D eigenvalue weighted by molar-refractivity contribution is 5.66. The molecule has 1 heterocycles. The van der Waals surface area contributed by atoms with Gasteiger partial charge in [0.15, 0.2) is 0 Å². The van der Waals surface area contributed by atoms with Gasteiger partial charge >= 0.3 is 6.09 Å². The molecule has 1 aliphatic rings. The maximum absolute atomic E-state index is 11.1. The Morgan fingerprint density at radius 1 is 1.32 bits per heavy atom. The smallest absolute Gasteiger partial charge is 0.405 e. The number of nitrogens with one attached hydrogen (secondary N) is 2. The van der Waals surface area contributed by atoms with Crippen molar-refractivity contribution in [2.24, 2.45) is 5.41 Å². The molecule has 0 saturated carbocycles. The minimum atomic E-state index is -0.949. The summed E-state index contributed by atoms with van der Waals surface area (Å²) in [5.74, 6) is 0. The third-order valence-electron chi connectivity index (χ3n) is 3.64. The molecule has 0 spiro atoms. The fourth-order valence-electron chi connectivity index (χ4n) is 3.15. The standard InChI is InChI=1S/C15H22N2O2/c1-14(2)9-15(11-16-10-14,17-13(18)19)8-12-6-4-3-5-7-12/h3-7,16-17H,8-11H2,1-2H3,(H,18,19)/t15-/m1/s1. The van der Waals surface area contributed by atoms with Crippen LogP contribution in [0.1, 0.15) is 25.8 Å². The summed E-state index contributed by atoms with van der Waals surface area (Å²) >= 11 is 0. The van der Waals surface area contributed by atoms with E-state index in [2.05, 4.69) is 24.5 Å². The predicted molar refractivity (Wildman–Crippen MR) is 75.3 cm³/mol. The summed E-state index contributed by atoms with van der Waals surface area (Å²) in [6.07, 6.45) is 0.612. The lowest BCUT2D eigenvalue weighted by Crippen LogP contribution is -2.62. The van der Waals surface area contributed by atoms with Crippen LogP contribution >= 0.6 is 0 Å². The molecule has 1 aliphatic heterocycles. The van der Waals surface area contributed by atoms with E-state index in [0.29, 0.717) is 6.54 Å². The van der Waals surface area contributed by atoms with Crippen LogP contribution in [0, 0.1) is 5.41 Å². The quantitative estimate of drug-likeness (QED) is 0.783. The summed E-state index contributed by atoms with van der Waals surface area (Å²) in [4.78, 5) is 11.1. The van der Waals surface area contributed by atoms with Crippen molar-refractivity contribution in [3.8, 4) is 0 Å². The monoisotopic (exact) mass is 262 g/mol. The van der Waals surface area contributed by atoms with E-state index in [1.807, 2.05) is 30.3 Å². The Bertz CT molecular complexity index is 445. The second-order valence-electron chi connectivity index (χ2n) is 6.32. The molecule has 0 aromatic heterocycles. The van der Waals surface area contributed by atoms with Gasteiger partial charge in [0.1, 0.15) is 0 Å². The number of amides is 1. The molecule has 1 saturated heterocycles. The zero-order valence-electron chi connectivity index (χ0n) is 11.6. The van der Waals surface area contributed by atoms with E-state index in [-0.39, 0.29) is 5.41 Å². The number of benzene rings is 1. The Kier molecular flexibility index (Phi) is 3.80. The van der Waals surface area contributed by atoms with Gasteiger partial charge in [-0.3, -0.25) is 0 Å². The fraction of sp³-hybridized carbons (Fsp3) is 0.533. The Labute approximate surface area is 114 Å². The largest absolute Gasteiger partial charge is 0.465 e. The van der Waals surface area contributed by atoms with Crippen molar-refractivity contribution in [1.29, 1.82) is 0 Å². The third kappa shape index (κ3) is 3.70. The number of piperidine rings is 1. The van der Waals surface area contributed by atoms with E-state index in [1.165, 1.54) is 0 Å². The van der Waals surface area contributed by atoms with Crippen molar-refractivity contribution in [1.82, 2.24) is 10.6 Å². The van der Waals surface area contributed by atoms with E-state index in [4.69, 9.17) is 5.11 Å². The molecule has 3 N–H and O–H groups in total. The van der Waals surface area contributed by atoms with Gasteiger partial charge in [0.25, 0.3) is 0 Å². The highest BCUT2D eigenvalue weighted by Crippen LogP contribution is 2.33. The van der Waals surface area contributed by atoms with Crippen LogP contribution < -0.4 is 10.6 Å². The summed E-state index contributed by atoms with van der Waals surface area (Å²) < 4.78 is 0. The maximum atomic E-state index is 11.1. The van der Waals surface area contributed by atoms with Crippen molar-refractivity contribution >= 4 is 6.09 Å². The number of hydrogen-bond acceptors (Lipinski definition) is 2. The van der Waals surface area contributed by atoms with Gasteiger partial charge in [-0.05, 0) is 23.8 Å². The van der Waals surface area contributed by atoms with E-state index in [0.717, 1.165) is 24.9 Å². The van der Waals surface area contributed by atoms with Crippen LogP contribution in [0.5, 0.6) is 0 Å². The van der Waals surface area contributed by atoms with Gasteiger partial charge in [0.2, 0.25) is 0 Å². The van der Waals surface area contributed by atoms with Crippen molar-refractivity contribution < 1.29 is 9.90 Å². The summed E-state index contributed by atoms with van der Waals surface area (Å²) in [5.41, 5.74) is 0.834. The van der Waals surface area contributed by atoms with Gasteiger partial charge in [-0.1, -0.05) is 44.2 Å². The minimum Gasteiger partial charge on any atom is -0.465 e. The Morgan fingerprint density at radius 3 is 2.58 bits per heavy atom. The first-order valence-corrected chi connectivity index (χ1v) is 6.67. The minimum absolute atomic E-state index is 0.0927. The Morgan fingerprint density at radius 2 is 2.00 bits per heavy atom. The Hall–Kier alpha value is -1.55. The van der Waals surface area contributed by atoms with Crippen LogP contribution in [0.4, 0.5) is 4.79 Å². The lowest BCUT2D eigenvalue weighted by atomic mass is 9.72. The molecular weight excluding hydrogens is 240 g/mol. The number of rotatable bonds is 3. The molecule has 104 valence electrons. The van der Waals surface area contributed by atoms with Gasteiger partial charge in [-0.25, -0.2) is 4.79 Å². The van der Waals surface area contributed by atoms with Gasteiger partial charge in [-0.2, -0.15) is 0 Å². The van der Waals surface area contributed by atoms with Crippen LogP contribution in [0.15, 0.2) is 30.3 Å². The van der Waals surface area contributed by atoms with Gasteiger partial charge < -0.3 is 15.7 Å². The molecular formula is C15H22N2O2. The molecule has 1 amide bonds. The topological polar surface area (TPSA) is 61.4 Å². The SMILES string of the molecule is CC1(C)CNC[C@](Cc2ccccc2)(NC(=O)O)C1. The summed E-state index contributed by atoms with van der Waals surface area (Å²) in [6, 6.07) is 10.1. The highest BCUT2D eigenvalue weighted by atomic mass is 16.4. The predicted octanol–water partition coefficient (Wildman–Crippen LogP) is 2.25. The first-order chi connectivity index (χ1) is 8.91. The van der Waals surface area contributed by atoms with Crippen LogP contribution in [0.3, 0.4) is 0 Å². The van der Waals surface area contributed by atoms with E-state index < -0.39 is 11.6 Å². The van der Waals surface area contributed by atoms with Crippen LogP contribution in [0.2, 0.25) is 0 Å². The lowest BCUT2D eigenvalue weighted by Gasteiger charge is -2.45. The average Bonchev–Trinajstić information content (AvgIpc) is 2.27. The van der Waals surface area contributed by atoms with Crippen LogP contribution in [-0.2, 0) is 6.42 Å². The molecule has 0 unspecified atom stereocenters. The molecule has 4 nitrogen and oxygen atoms in total. The molecule has 1 atom stereocenters. The molecule has 19 heavy (non-hydrogen) atoms. The first-order valence-electron chi connectivity index (χ1n) is 6.67. The van der Waals surface area contributed by atoms with E-state index >= 15 is 0 Å². The van der Waals surface area contributed by atoms with E-state index in [9.17, 15) is 4.79 Å². The summed E-state index contributed by atoms with van der Waals surface area (Å²) in [7, 11) is 0. The van der Waals surface area contributed by atoms with Crippen molar-refractivity contribution in [3.63, 3.8) is 0 Å². The van der Waals surface area contributed by atoms with Crippen molar-refractivity contribution in [2.45, 2.75) is 32.2 Å². The van der Waals surface area contributed by atoms with E-state index in [1.54, 1.807) is 0 Å². The number of hydrogen-bond donors (Lipinski definition) is 3. The van der Waals surface area contributed by atoms with Gasteiger partial charge in [0.05, 0.1) is 5.54 Å². The zero-order valence-corrected chi connectivity index (χ0v) is 11.6. The average molecular weight is 262 g/mol. The van der Waals surface area contributed by atoms with Crippen molar-refractivity contribution in [3.05, 3.63) is 35.9 Å². The third-order valence-corrected chi connectivity index (χ3v) is 3.64. The van der Waals surface area contributed by atoms with Gasteiger partial charge in [0, 0.05) is 13.1 Å². The molecule has 2 rings (SSSR count). The van der Waals surface area contributed by atoms with Gasteiger partial charge in [-0.15, -0.1) is 0 Å². The summed E-state index contributed by atoms with van der Waals surface area (Å²) in [6.45, 7) is 5.94. The normalized spacial score (nSPS) is 25.8. The van der Waals surface area contributed by atoms with Crippen LogP contribution in [0.25, 0.3) is 0 Å². The molecule has 1 aromatic rings. The van der Waals surface area contributed by atoms with Crippen molar-refractivity contribution in [2.75, 3.05) is 13.1 Å². The second-order valence-corrected chi connectivity index (χ2v) is 6.32. The summed E-state index contributed by atoms with van der Waals surface area (Å²) in [5, 5.41) is 15.3. The lowest BCUT2D eigenvalue weighted by molar-refractivity contribution is 0.123. The second kappa shape index (κ2) is 5.21. The molecule has 0 bridgehead atoms. The molecule has 0 aliphatic carbocycles. The fourth-order valence-corrected chi connectivity index (χ4v) is 3.15. The van der Waals surface area contributed by atoms with Crippen LogP contribution in [-0.4, -0.2) is 29.8 Å². The molecule has 1 aromatic carbocycles. The zero-order chi connectivity index (χ0) is 13.9. The maximum Gasteiger partial charge on any atom is 0.405 e.